The number of rotatable bonds is 11. The lowest BCUT2D eigenvalue weighted by atomic mass is 10.2. The Morgan fingerprint density at radius 3 is 2.71 bits per heavy atom. The lowest BCUT2D eigenvalue weighted by molar-refractivity contribution is 0.260. The smallest absolute Gasteiger partial charge is 0.241 e. The van der Waals surface area contributed by atoms with Crippen LogP contribution in [0.3, 0.4) is 0 Å². The second-order valence-corrected chi connectivity index (χ2v) is 8.71. The number of hydrogen-bond donors (Lipinski definition) is 3. The zero-order chi connectivity index (χ0) is 28.0. The quantitative estimate of drug-likeness (QED) is 0.216. The van der Waals surface area contributed by atoms with Gasteiger partial charge in [-0.3, -0.25) is 4.98 Å². The number of nitrogens with zero attached hydrogens (tertiary/aromatic N) is 9. The Morgan fingerprint density at radius 1 is 0.976 bits per heavy atom. The molecule has 0 bridgehead atoms. The predicted octanol–water partition coefficient (Wildman–Crippen LogP) is 3.35. The van der Waals surface area contributed by atoms with Gasteiger partial charge in [0.05, 0.1) is 43.1 Å². The number of fused-ring (bicyclic) bond motifs is 1. The number of phenolic OH excluding ortho intramolecular Hbond substituents is 1. The number of imidazole rings is 1. The fourth-order valence-corrected chi connectivity index (χ4v) is 4.15. The van der Waals surface area contributed by atoms with Gasteiger partial charge in [-0.25, -0.2) is 24.2 Å². The Labute approximate surface area is 233 Å². The molecular formula is C27H25N11O3. The van der Waals surface area contributed by atoms with Crippen molar-refractivity contribution in [3.63, 3.8) is 0 Å². The molecule has 0 amide bonds. The fraction of sp³-hybridized carbons (Fsp3) is 0.148. The first-order valence-corrected chi connectivity index (χ1v) is 12.6. The summed E-state index contributed by atoms with van der Waals surface area (Å²) in [5.74, 6) is 1.60. The van der Waals surface area contributed by atoms with Gasteiger partial charge in [-0.15, -0.1) is 5.10 Å². The average molecular weight is 552 g/mol. The van der Waals surface area contributed by atoms with E-state index < -0.39 is 0 Å². The van der Waals surface area contributed by atoms with Crippen molar-refractivity contribution in [3.05, 3.63) is 85.2 Å². The standard InChI is InChI=1S/C27H25N11O3/c1-40-23-15-19(14-22(39)24(23)41-13-12-37-11-10-32-36-37)33-25-30-17-31-27(35-25)38-21-8-3-2-7-20(21)34-26(38)29-16-18-6-4-5-9-28-18/h2-11,14-15,17,39H,12-13,16H2,1H3,(H,29,34)(H,30,31,33,35). The van der Waals surface area contributed by atoms with E-state index in [9.17, 15) is 5.11 Å². The summed E-state index contributed by atoms with van der Waals surface area (Å²) in [4.78, 5) is 22.4. The molecule has 14 heteroatoms. The molecule has 6 rings (SSSR count). The molecular weight excluding hydrogens is 526 g/mol. The summed E-state index contributed by atoms with van der Waals surface area (Å²) in [6.07, 6.45) is 6.46. The van der Waals surface area contributed by atoms with Crippen molar-refractivity contribution in [2.45, 2.75) is 13.1 Å². The van der Waals surface area contributed by atoms with Crippen molar-refractivity contribution < 1.29 is 14.6 Å². The largest absolute Gasteiger partial charge is 0.504 e. The normalized spacial score (nSPS) is 11.0. The molecule has 0 aliphatic heterocycles. The van der Waals surface area contributed by atoms with E-state index in [1.807, 2.05) is 47.0 Å². The van der Waals surface area contributed by atoms with Crippen LogP contribution in [0.1, 0.15) is 5.69 Å². The van der Waals surface area contributed by atoms with E-state index in [2.05, 4.69) is 40.9 Å². The number of methoxy groups -OCH3 is 1. The Hall–Kier alpha value is -5.79. The van der Waals surface area contributed by atoms with Crippen molar-refractivity contribution in [2.24, 2.45) is 0 Å². The molecule has 6 aromatic rings. The summed E-state index contributed by atoms with van der Waals surface area (Å²) >= 11 is 0. The summed E-state index contributed by atoms with van der Waals surface area (Å²) in [7, 11) is 1.49. The average Bonchev–Trinajstić information content (AvgIpc) is 3.65. The van der Waals surface area contributed by atoms with E-state index in [1.165, 1.54) is 19.5 Å². The SMILES string of the molecule is COc1cc(Nc2ncnc(-n3c(NCc4ccccn4)nc4ccccc43)n2)cc(O)c1OCCn1ccnn1. The number of para-hydroxylation sites is 2. The van der Waals surface area contributed by atoms with Gasteiger partial charge < -0.3 is 25.2 Å². The molecule has 14 nitrogen and oxygen atoms in total. The lowest BCUT2D eigenvalue weighted by Crippen LogP contribution is -2.11. The van der Waals surface area contributed by atoms with Gasteiger partial charge >= 0.3 is 0 Å². The molecule has 0 atom stereocenters. The number of aromatic nitrogens is 9. The van der Waals surface area contributed by atoms with Gasteiger partial charge in [-0.2, -0.15) is 4.98 Å². The molecule has 3 N–H and O–H groups in total. The Balaban J connectivity index is 1.25. The second kappa shape index (κ2) is 11.5. The highest BCUT2D eigenvalue weighted by Crippen LogP contribution is 2.40. The van der Waals surface area contributed by atoms with Gasteiger partial charge in [0.1, 0.15) is 12.9 Å². The first kappa shape index (κ1) is 25.5. The summed E-state index contributed by atoms with van der Waals surface area (Å²) in [6, 6.07) is 16.6. The van der Waals surface area contributed by atoms with E-state index in [1.54, 1.807) is 29.3 Å². The first-order chi connectivity index (χ1) is 20.2. The van der Waals surface area contributed by atoms with Gasteiger partial charge in [0, 0.05) is 30.2 Å². The zero-order valence-electron chi connectivity index (χ0n) is 21.9. The number of pyridine rings is 1. The van der Waals surface area contributed by atoms with Gasteiger partial charge in [0.2, 0.25) is 23.6 Å². The van der Waals surface area contributed by atoms with Crippen LogP contribution in [0.4, 0.5) is 17.6 Å². The first-order valence-electron chi connectivity index (χ1n) is 12.6. The molecule has 206 valence electrons. The van der Waals surface area contributed by atoms with Crippen LogP contribution in [-0.4, -0.2) is 63.3 Å². The number of benzene rings is 2. The zero-order valence-corrected chi connectivity index (χ0v) is 21.9. The van der Waals surface area contributed by atoms with Crippen LogP contribution in [0, 0.1) is 0 Å². The minimum atomic E-state index is -0.110. The van der Waals surface area contributed by atoms with Crippen molar-refractivity contribution >= 4 is 28.6 Å². The summed E-state index contributed by atoms with van der Waals surface area (Å²) in [6.45, 7) is 1.18. The summed E-state index contributed by atoms with van der Waals surface area (Å²) in [5.41, 5.74) is 2.95. The van der Waals surface area contributed by atoms with Gasteiger partial charge in [-0.05, 0) is 24.3 Å². The highest BCUT2D eigenvalue weighted by atomic mass is 16.5. The predicted molar refractivity (Wildman–Crippen MR) is 149 cm³/mol. The topological polar surface area (TPSA) is 163 Å². The summed E-state index contributed by atoms with van der Waals surface area (Å²) < 4.78 is 14.7. The van der Waals surface area contributed by atoms with Crippen molar-refractivity contribution in [2.75, 3.05) is 24.4 Å². The number of aromatic hydroxyl groups is 1. The van der Waals surface area contributed by atoms with Crippen LogP contribution in [0.25, 0.3) is 17.0 Å². The highest BCUT2D eigenvalue weighted by Gasteiger charge is 2.17. The number of anilines is 3. The maximum absolute atomic E-state index is 10.7. The Bertz CT molecular complexity index is 1760. The minimum Gasteiger partial charge on any atom is -0.504 e. The van der Waals surface area contributed by atoms with Crippen LogP contribution < -0.4 is 20.1 Å². The number of nitrogens with one attached hydrogen (secondary N) is 2. The van der Waals surface area contributed by atoms with Crippen molar-refractivity contribution in [3.8, 4) is 23.2 Å². The van der Waals surface area contributed by atoms with Crippen LogP contribution in [-0.2, 0) is 13.1 Å². The van der Waals surface area contributed by atoms with Crippen LogP contribution in [0.2, 0.25) is 0 Å². The molecule has 4 heterocycles. The van der Waals surface area contributed by atoms with Gasteiger partial charge in [0.15, 0.2) is 11.5 Å². The molecule has 0 aliphatic carbocycles. The lowest BCUT2D eigenvalue weighted by Gasteiger charge is -2.15. The molecule has 4 aromatic heterocycles. The number of hydrogen-bond acceptors (Lipinski definition) is 12. The minimum absolute atomic E-state index is 0.110. The van der Waals surface area contributed by atoms with E-state index >= 15 is 0 Å². The van der Waals surface area contributed by atoms with Crippen molar-refractivity contribution in [1.29, 1.82) is 0 Å². The van der Waals surface area contributed by atoms with Crippen LogP contribution >= 0.6 is 0 Å². The molecule has 2 aromatic carbocycles. The highest BCUT2D eigenvalue weighted by molar-refractivity contribution is 5.80. The third kappa shape index (κ3) is 5.66. The molecule has 0 saturated carbocycles. The molecule has 0 saturated heterocycles. The van der Waals surface area contributed by atoms with Crippen LogP contribution in [0.5, 0.6) is 17.2 Å². The molecule has 0 fully saturated rings. The fourth-order valence-electron chi connectivity index (χ4n) is 4.15. The van der Waals surface area contributed by atoms with E-state index in [0.29, 0.717) is 36.4 Å². The van der Waals surface area contributed by atoms with E-state index in [4.69, 9.17) is 14.5 Å². The molecule has 0 unspecified atom stereocenters. The summed E-state index contributed by atoms with van der Waals surface area (Å²) in [5, 5.41) is 24.8. The van der Waals surface area contributed by atoms with Crippen LogP contribution in [0.15, 0.2) is 79.5 Å². The Morgan fingerprint density at radius 2 is 1.88 bits per heavy atom. The maximum atomic E-state index is 10.7. The third-order valence-electron chi connectivity index (χ3n) is 6.02. The van der Waals surface area contributed by atoms with Crippen molar-refractivity contribution in [1.82, 2.24) is 44.5 Å². The number of ether oxygens (including phenoxy) is 2. The van der Waals surface area contributed by atoms with E-state index in [0.717, 1.165) is 16.7 Å². The monoisotopic (exact) mass is 551 g/mol. The number of phenols is 1. The molecule has 0 aliphatic rings. The Kier molecular flexibility index (Phi) is 7.17. The second-order valence-electron chi connectivity index (χ2n) is 8.71. The molecule has 0 spiro atoms. The van der Waals surface area contributed by atoms with Gasteiger partial charge in [-0.1, -0.05) is 23.4 Å². The van der Waals surface area contributed by atoms with E-state index in [-0.39, 0.29) is 24.1 Å². The molecule has 41 heavy (non-hydrogen) atoms. The van der Waals surface area contributed by atoms with Gasteiger partial charge in [0.25, 0.3) is 0 Å². The third-order valence-corrected chi connectivity index (χ3v) is 6.02. The maximum Gasteiger partial charge on any atom is 0.241 e. The molecule has 0 radical (unpaired) electrons.